The van der Waals surface area contributed by atoms with E-state index in [1.165, 1.54) is 7.11 Å². The number of benzene rings is 3. The Morgan fingerprint density at radius 2 is 1.57 bits per heavy atom. The minimum atomic E-state index is -4.07. The highest BCUT2D eigenvalue weighted by Crippen LogP contribution is 2.31. The van der Waals surface area contributed by atoms with Crippen molar-refractivity contribution in [2.24, 2.45) is 0 Å². The lowest BCUT2D eigenvalue weighted by molar-refractivity contribution is -0.114. The first-order valence-electron chi connectivity index (χ1n) is 9.40. The van der Waals surface area contributed by atoms with Crippen LogP contribution in [0.5, 0.6) is 5.75 Å². The van der Waals surface area contributed by atoms with Gasteiger partial charge in [0.2, 0.25) is 5.91 Å². The topological polar surface area (TPSA) is 75.7 Å². The molecule has 0 saturated carbocycles. The predicted molar refractivity (Wildman–Crippen MR) is 119 cm³/mol. The van der Waals surface area contributed by atoms with Crippen LogP contribution < -0.4 is 14.4 Å². The maximum Gasteiger partial charge on any atom is 0.268 e. The molecule has 3 aromatic rings. The van der Waals surface area contributed by atoms with Gasteiger partial charge in [0.25, 0.3) is 10.0 Å². The van der Waals surface area contributed by atoms with Gasteiger partial charge in [-0.05, 0) is 55.8 Å². The molecule has 3 rings (SSSR count). The van der Waals surface area contributed by atoms with E-state index in [1.54, 1.807) is 73.7 Å². The smallest absolute Gasteiger partial charge is 0.268 e. The van der Waals surface area contributed by atoms with Crippen molar-refractivity contribution < 1.29 is 17.9 Å². The van der Waals surface area contributed by atoms with E-state index in [9.17, 15) is 13.2 Å². The number of nitrogens with zero attached hydrogens (tertiary/aromatic N) is 1. The van der Waals surface area contributed by atoms with Crippen LogP contribution in [0.2, 0.25) is 0 Å². The van der Waals surface area contributed by atoms with Crippen LogP contribution in [-0.4, -0.2) is 28.0 Å². The summed E-state index contributed by atoms with van der Waals surface area (Å²) in [5.74, 6) is -0.224. The summed E-state index contributed by atoms with van der Waals surface area (Å²) < 4.78 is 33.6. The average molecular weight is 425 g/mol. The molecule has 0 aromatic heterocycles. The third-order valence-corrected chi connectivity index (χ3v) is 6.35. The highest BCUT2D eigenvalue weighted by molar-refractivity contribution is 7.93. The van der Waals surface area contributed by atoms with Crippen molar-refractivity contribution in [3.8, 4) is 5.75 Å². The van der Waals surface area contributed by atoms with Gasteiger partial charge >= 0.3 is 0 Å². The van der Waals surface area contributed by atoms with Gasteiger partial charge in [-0.15, -0.1) is 0 Å². The number of rotatable bonds is 7. The van der Waals surface area contributed by atoms with Crippen molar-refractivity contribution in [1.82, 2.24) is 0 Å². The number of hydrogen-bond donors (Lipinski definition) is 1. The Balaban J connectivity index is 2.02. The predicted octanol–water partition coefficient (Wildman–Crippen LogP) is 4.15. The summed E-state index contributed by atoms with van der Waals surface area (Å²) in [5, 5.41) is 2.74. The number of aryl methyl sites for hydroxylation is 2. The molecule has 0 saturated heterocycles. The third kappa shape index (κ3) is 4.80. The van der Waals surface area contributed by atoms with Gasteiger partial charge in [-0.1, -0.05) is 42.0 Å². The second kappa shape index (κ2) is 9.00. The fraction of sp³-hybridized carbons (Fsp3) is 0.174. The number of nitrogens with one attached hydrogen (secondary N) is 1. The van der Waals surface area contributed by atoms with Crippen LogP contribution in [-0.2, 0) is 14.8 Å². The van der Waals surface area contributed by atoms with Crippen LogP contribution in [0, 0.1) is 13.8 Å². The van der Waals surface area contributed by atoms with Gasteiger partial charge in [0.05, 0.1) is 12.8 Å². The largest absolute Gasteiger partial charge is 0.495 e. The number of carbonyl (C=O) groups is 1. The van der Waals surface area contributed by atoms with E-state index in [2.05, 4.69) is 5.32 Å². The van der Waals surface area contributed by atoms with Crippen molar-refractivity contribution in [2.45, 2.75) is 18.7 Å². The molecule has 1 amide bonds. The highest BCUT2D eigenvalue weighted by atomic mass is 32.2. The van der Waals surface area contributed by atoms with Crippen LogP contribution in [0.15, 0.2) is 77.7 Å². The Kier molecular flexibility index (Phi) is 6.42. The summed E-state index contributed by atoms with van der Waals surface area (Å²) >= 11 is 0. The van der Waals surface area contributed by atoms with Gasteiger partial charge in [-0.2, -0.15) is 0 Å². The zero-order valence-electron chi connectivity index (χ0n) is 17.1. The molecule has 1 N–H and O–H groups in total. The molecule has 0 fully saturated rings. The summed E-state index contributed by atoms with van der Waals surface area (Å²) in [7, 11) is -2.65. The average Bonchev–Trinajstić information content (AvgIpc) is 2.73. The van der Waals surface area contributed by atoms with Gasteiger partial charge in [-0.3, -0.25) is 9.10 Å². The van der Waals surface area contributed by atoms with Crippen LogP contribution in [0.3, 0.4) is 0 Å². The molecule has 0 unspecified atom stereocenters. The molecule has 0 atom stereocenters. The van der Waals surface area contributed by atoms with E-state index in [1.807, 2.05) is 13.0 Å². The van der Waals surface area contributed by atoms with E-state index in [4.69, 9.17) is 4.74 Å². The molecule has 7 heteroatoms. The molecule has 0 spiro atoms. The van der Waals surface area contributed by atoms with Crippen LogP contribution in [0.1, 0.15) is 11.1 Å². The third-order valence-electron chi connectivity index (χ3n) is 4.55. The first-order valence-corrected chi connectivity index (χ1v) is 10.8. The SMILES string of the molecule is COc1ccc(C)cc1S(=O)(=O)N(CC(=O)Nc1ccccc1)c1ccc(C)cc1. The van der Waals surface area contributed by atoms with Gasteiger partial charge in [0, 0.05) is 5.69 Å². The maximum absolute atomic E-state index is 13.6. The minimum Gasteiger partial charge on any atom is -0.495 e. The van der Waals surface area contributed by atoms with Crippen molar-refractivity contribution in [3.05, 3.63) is 83.9 Å². The summed E-state index contributed by atoms with van der Waals surface area (Å²) in [6.07, 6.45) is 0. The lowest BCUT2D eigenvalue weighted by Crippen LogP contribution is -2.38. The number of sulfonamides is 1. The lowest BCUT2D eigenvalue weighted by Gasteiger charge is -2.25. The maximum atomic E-state index is 13.6. The molecule has 30 heavy (non-hydrogen) atoms. The molecule has 0 aliphatic carbocycles. The quantitative estimate of drug-likeness (QED) is 0.618. The van der Waals surface area contributed by atoms with Crippen molar-refractivity contribution in [1.29, 1.82) is 0 Å². The van der Waals surface area contributed by atoms with Crippen molar-refractivity contribution in [3.63, 3.8) is 0 Å². The number of amides is 1. The zero-order chi connectivity index (χ0) is 21.7. The van der Waals surface area contributed by atoms with E-state index in [0.717, 1.165) is 15.4 Å². The monoisotopic (exact) mass is 424 g/mol. The normalized spacial score (nSPS) is 11.0. The molecular weight excluding hydrogens is 400 g/mol. The standard InChI is InChI=1S/C23H24N2O4S/c1-17-9-12-20(13-10-17)25(16-23(26)24-19-7-5-4-6-8-19)30(27,28)22-15-18(2)11-14-21(22)29-3/h4-15H,16H2,1-3H3,(H,24,26). The lowest BCUT2D eigenvalue weighted by atomic mass is 10.2. The number of para-hydroxylation sites is 1. The number of ether oxygens (including phenoxy) is 1. The Bertz CT molecular complexity index is 1130. The summed E-state index contributed by atoms with van der Waals surface area (Å²) in [6, 6.07) is 20.8. The van der Waals surface area contributed by atoms with E-state index in [0.29, 0.717) is 11.4 Å². The fourth-order valence-corrected chi connectivity index (χ4v) is 4.65. The Hall–Kier alpha value is -3.32. The molecule has 0 radical (unpaired) electrons. The second-order valence-electron chi connectivity index (χ2n) is 6.92. The Labute approximate surface area is 177 Å². The van der Waals surface area contributed by atoms with Gasteiger partial charge in [0.1, 0.15) is 17.2 Å². The van der Waals surface area contributed by atoms with Crippen LogP contribution in [0.25, 0.3) is 0 Å². The molecule has 0 aliphatic rings. The summed E-state index contributed by atoms with van der Waals surface area (Å²) in [5.41, 5.74) is 2.74. The molecule has 0 aliphatic heterocycles. The molecule has 156 valence electrons. The van der Waals surface area contributed by atoms with Crippen LogP contribution >= 0.6 is 0 Å². The number of hydrogen-bond acceptors (Lipinski definition) is 4. The van der Waals surface area contributed by atoms with Gasteiger partial charge < -0.3 is 10.1 Å². The van der Waals surface area contributed by atoms with E-state index < -0.39 is 15.9 Å². The number of anilines is 2. The zero-order valence-corrected chi connectivity index (χ0v) is 17.9. The molecule has 3 aromatic carbocycles. The number of carbonyl (C=O) groups excluding carboxylic acids is 1. The molecular formula is C23H24N2O4S. The molecule has 6 nitrogen and oxygen atoms in total. The number of methoxy groups -OCH3 is 1. The van der Waals surface area contributed by atoms with E-state index >= 15 is 0 Å². The molecule has 0 heterocycles. The van der Waals surface area contributed by atoms with Gasteiger partial charge in [-0.25, -0.2) is 8.42 Å². The van der Waals surface area contributed by atoms with Crippen molar-refractivity contribution in [2.75, 3.05) is 23.3 Å². The summed E-state index contributed by atoms with van der Waals surface area (Å²) in [4.78, 5) is 12.7. The first kappa shape index (κ1) is 21.4. The van der Waals surface area contributed by atoms with Gasteiger partial charge in [0.15, 0.2) is 0 Å². The summed E-state index contributed by atoms with van der Waals surface area (Å²) in [6.45, 7) is 3.34. The highest BCUT2D eigenvalue weighted by Gasteiger charge is 2.30. The van der Waals surface area contributed by atoms with E-state index in [-0.39, 0.29) is 17.2 Å². The minimum absolute atomic E-state index is 0.0121. The molecule has 0 bridgehead atoms. The first-order chi connectivity index (χ1) is 14.3. The Morgan fingerprint density at radius 3 is 2.20 bits per heavy atom. The second-order valence-corrected chi connectivity index (χ2v) is 8.75. The fourth-order valence-electron chi connectivity index (χ4n) is 2.98. The Morgan fingerprint density at radius 1 is 0.933 bits per heavy atom. The van der Waals surface area contributed by atoms with Crippen molar-refractivity contribution >= 4 is 27.3 Å². The van der Waals surface area contributed by atoms with Crippen LogP contribution in [0.4, 0.5) is 11.4 Å².